The highest BCUT2D eigenvalue weighted by Crippen LogP contribution is 2.25. The van der Waals surface area contributed by atoms with Crippen molar-refractivity contribution in [2.75, 3.05) is 13.1 Å². The maximum atomic E-state index is 13.2. The molecule has 2 unspecified atom stereocenters. The minimum Gasteiger partial charge on any atom is -0.481 e. The molecule has 0 spiro atoms. The normalized spacial score (nSPS) is 21.0. The number of halogens is 1. The molecule has 25 heavy (non-hydrogen) atoms. The van der Waals surface area contributed by atoms with E-state index in [1.807, 2.05) is 24.3 Å². The topological polar surface area (TPSA) is 49.8 Å². The maximum Gasteiger partial charge on any atom is 0.307 e. The van der Waals surface area contributed by atoms with E-state index < -0.39 is 5.97 Å². The molecule has 0 aliphatic carbocycles. The Hall–Kier alpha value is -2.40. The lowest BCUT2D eigenvalue weighted by atomic mass is 9.90. The fourth-order valence-electron chi connectivity index (χ4n) is 3.36. The zero-order valence-electron chi connectivity index (χ0n) is 14.2. The average molecular weight is 343 g/mol. The SMILES string of the molecule is CC1CC(C(=O)O)CN(Cc2ccc(Oc3cccc(F)c3)cc2)C1. The molecule has 4 nitrogen and oxygen atoms in total. The Bertz CT molecular complexity index is 732. The summed E-state index contributed by atoms with van der Waals surface area (Å²) in [5.41, 5.74) is 1.10. The molecule has 2 aromatic carbocycles. The van der Waals surface area contributed by atoms with Crippen molar-refractivity contribution in [1.29, 1.82) is 0 Å². The summed E-state index contributed by atoms with van der Waals surface area (Å²) in [4.78, 5) is 13.5. The summed E-state index contributed by atoms with van der Waals surface area (Å²) in [6.07, 6.45) is 0.742. The van der Waals surface area contributed by atoms with Gasteiger partial charge in [0.05, 0.1) is 5.92 Å². The van der Waals surface area contributed by atoms with E-state index in [9.17, 15) is 14.3 Å². The van der Waals surface area contributed by atoms with Crippen LogP contribution in [0.5, 0.6) is 11.5 Å². The van der Waals surface area contributed by atoms with E-state index in [0.717, 1.165) is 18.5 Å². The molecule has 3 rings (SSSR count). The maximum absolute atomic E-state index is 13.2. The van der Waals surface area contributed by atoms with Crippen molar-refractivity contribution in [2.24, 2.45) is 11.8 Å². The molecule has 2 aromatic rings. The van der Waals surface area contributed by atoms with Gasteiger partial charge in [-0.2, -0.15) is 0 Å². The third-order valence-corrected chi connectivity index (χ3v) is 4.45. The van der Waals surface area contributed by atoms with Crippen LogP contribution in [-0.2, 0) is 11.3 Å². The number of rotatable bonds is 5. The van der Waals surface area contributed by atoms with E-state index in [2.05, 4.69) is 11.8 Å². The van der Waals surface area contributed by atoms with Gasteiger partial charge >= 0.3 is 5.97 Å². The second-order valence-electron chi connectivity index (χ2n) is 6.77. The van der Waals surface area contributed by atoms with Crippen LogP contribution in [0.1, 0.15) is 18.9 Å². The van der Waals surface area contributed by atoms with Gasteiger partial charge in [0.25, 0.3) is 0 Å². The number of hydrogen-bond donors (Lipinski definition) is 1. The number of hydrogen-bond acceptors (Lipinski definition) is 3. The van der Waals surface area contributed by atoms with Crippen molar-refractivity contribution in [1.82, 2.24) is 4.90 Å². The molecule has 1 N–H and O–H groups in total. The van der Waals surface area contributed by atoms with Crippen LogP contribution in [0.15, 0.2) is 48.5 Å². The van der Waals surface area contributed by atoms with Gasteiger partial charge in [-0.05, 0) is 42.2 Å². The molecular weight excluding hydrogens is 321 g/mol. The number of piperidine rings is 1. The van der Waals surface area contributed by atoms with Crippen LogP contribution in [0.25, 0.3) is 0 Å². The van der Waals surface area contributed by atoms with Crippen molar-refractivity contribution in [3.63, 3.8) is 0 Å². The molecule has 0 radical (unpaired) electrons. The second kappa shape index (κ2) is 7.66. The first-order valence-electron chi connectivity index (χ1n) is 8.47. The summed E-state index contributed by atoms with van der Waals surface area (Å²) >= 11 is 0. The van der Waals surface area contributed by atoms with Crippen LogP contribution in [0, 0.1) is 17.7 Å². The Morgan fingerprint density at radius 3 is 2.64 bits per heavy atom. The van der Waals surface area contributed by atoms with Gasteiger partial charge in [-0.15, -0.1) is 0 Å². The van der Waals surface area contributed by atoms with Crippen molar-refractivity contribution in [2.45, 2.75) is 19.9 Å². The van der Waals surface area contributed by atoms with Crippen LogP contribution in [-0.4, -0.2) is 29.1 Å². The van der Waals surface area contributed by atoms with E-state index in [1.54, 1.807) is 12.1 Å². The van der Waals surface area contributed by atoms with Crippen LogP contribution in [0.2, 0.25) is 0 Å². The van der Waals surface area contributed by atoms with Gasteiger partial charge in [-0.25, -0.2) is 4.39 Å². The molecule has 0 aromatic heterocycles. The number of carboxylic acids is 1. The highest BCUT2D eigenvalue weighted by atomic mass is 19.1. The number of benzene rings is 2. The van der Waals surface area contributed by atoms with Crippen LogP contribution < -0.4 is 4.74 Å². The standard InChI is InChI=1S/C20H22FNO3/c1-14-9-16(20(23)24)13-22(11-14)12-15-5-7-18(8-6-15)25-19-4-2-3-17(21)10-19/h2-8,10,14,16H,9,11-13H2,1H3,(H,23,24). The lowest BCUT2D eigenvalue weighted by Crippen LogP contribution is -2.41. The van der Waals surface area contributed by atoms with Gasteiger partial charge in [0.15, 0.2) is 0 Å². The van der Waals surface area contributed by atoms with Gasteiger partial charge in [0.1, 0.15) is 17.3 Å². The first-order chi connectivity index (χ1) is 12.0. The fraction of sp³-hybridized carbons (Fsp3) is 0.350. The first-order valence-corrected chi connectivity index (χ1v) is 8.47. The molecule has 1 saturated heterocycles. The zero-order valence-corrected chi connectivity index (χ0v) is 14.2. The highest BCUT2D eigenvalue weighted by Gasteiger charge is 2.29. The molecule has 0 amide bonds. The number of nitrogens with zero attached hydrogens (tertiary/aromatic N) is 1. The Morgan fingerprint density at radius 1 is 1.20 bits per heavy atom. The molecule has 1 heterocycles. The van der Waals surface area contributed by atoms with Crippen molar-refractivity contribution < 1.29 is 19.0 Å². The Kier molecular flexibility index (Phi) is 5.34. The molecule has 0 saturated carbocycles. The van der Waals surface area contributed by atoms with E-state index in [0.29, 0.717) is 30.5 Å². The second-order valence-corrected chi connectivity index (χ2v) is 6.77. The molecule has 5 heteroatoms. The quantitative estimate of drug-likeness (QED) is 0.886. The number of likely N-dealkylation sites (tertiary alicyclic amines) is 1. The third kappa shape index (κ3) is 4.79. The Labute approximate surface area is 146 Å². The number of ether oxygens (including phenoxy) is 1. The highest BCUT2D eigenvalue weighted by molar-refractivity contribution is 5.70. The van der Waals surface area contributed by atoms with Crippen LogP contribution in [0.3, 0.4) is 0 Å². The average Bonchev–Trinajstić information content (AvgIpc) is 2.56. The predicted molar refractivity (Wildman–Crippen MR) is 93.1 cm³/mol. The summed E-state index contributed by atoms with van der Waals surface area (Å²) in [5, 5.41) is 9.27. The molecule has 1 fully saturated rings. The smallest absolute Gasteiger partial charge is 0.307 e. The lowest BCUT2D eigenvalue weighted by molar-refractivity contribution is -0.144. The van der Waals surface area contributed by atoms with Crippen molar-refractivity contribution in [3.05, 3.63) is 59.9 Å². The summed E-state index contributed by atoms with van der Waals surface area (Å²) in [6.45, 7) is 4.30. The van der Waals surface area contributed by atoms with Crippen molar-refractivity contribution >= 4 is 5.97 Å². The third-order valence-electron chi connectivity index (χ3n) is 4.45. The Morgan fingerprint density at radius 2 is 1.96 bits per heavy atom. The van der Waals surface area contributed by atoms with Gasteiger partial charge < -0.3 is 9.84 Å². The molecule has 1 aliphatic heterocycles. The molecule has 2 atom stereocenters. The zero-order chi connectivity index (χ0) is 17.8. The van der Waals surface area contributed by atoms with Gasteiger partial charge in [-0.3, -0.25) is 9.69 Å². The number of carbonyl (C=O) groups is 1. The fourth-order valence-corrected chi connectivity index (χ4v) is 3.36. The van der Waals surface area contributed by atoms with E-state index in [1.165, 1.54) is 12.1 Å². The van der Waals surface area contributed by atoms with Gasteiger partial charge in [-0.1, -0.05) is 25.1 Å². The summed E-state index contributed by atoms with van der Waals surface area (Å²) in [7, 11) is 0. The predicted octanol–water partition coefficient (Wildman–Crippen LogP) is 4.16. The molecule has 1 aliphatic rings. The largest absolute Gasteiger partial charge is 0.481 e. The van der Waals surface area contributed by atoms with Crippen LogP contribution in [0.4, 0.5) is 4.39 Å². The number of carboxylic acid groups (broad SMARTS) is 1. The van der Waals surface area contributed by atoms with E-state index >= 15 is 0 Å². The number of aliphatic carboxylic acids is 1. The lowest BCUT2D eigenvalue weighted by Gasteiger charge is -2.34. The summed E-state index contributed by atoms with van der Waals surface area (Å²) in [5.74, 6) is 0.146. The Balaban J connectivity index is 1.61. The summed E-state index contributed by atoms with van der Waals surface area (Å²) in [6, 6.07) is 13.7. The van der Waals surface area contributed by atoms with Gasteiger partial charge in [0, 0.05) is 25.7 Å². The van der Waals surface area contributed by atoms with E-state index in [4.69, 9.17) is 4.74 Å². The first kappa shape index (κ1) is 17.4. The molecule has 132 valence electrons. The molecule has 0 bridgehead atoms. The van der Waals surface area contributed by atoms with Gasteiger partial charge in [0.2, 0.25) is 0 Å². The monoisotopic (exact) mass is 343 g/mol. The van der Waals surface area contributed by atoms with Crippen molar-refractivity contribution in [3.8, 4) is 11.5 Å². The minimum atomic E-state index is -0.713. The minimum absolute atomic E-state index is 0.292. The molecular formula is C20H22FNO3. The van der Waals surface area contributed by atoms with E-state index in [-0.39, 0.29) is 11.7 Å². The van der Waals surface area contributed by atoms with Crippen LogP contribution >= 0.6 is 0 Å². The summed E-state index contributed by atoms with van der Waals surface area (Å²) < 4.78 is 18.8.